The lowest BCUT2D eigenvalue weighted by atomic mass is 9.76. The van der Waals surface area contributed by atoms with Gasteiger partial charge in [-0.2, -0.15) is 0 Å². The minimum Gasteiger partial charge on any atom is -0.480 e. The third-order valence-corrected chi connectivity index (χ3v) is 4.39. The van der Waals surface area contributed by atoms with Gasteiger partial charge in [0, 0.05) is 13.1 Å². The number of fused-ring (bicyclic) bond motifs is 1. The van der Waals surface area contributed by atoms with Gasteiger partial charge >= 0.3 is 5.97 Å². The summed E-state index contributed by atoms with van der Waals surface area (Å²) in [5.41, 5.74) is 1.07. The maximum absolute atomic E-state index is 12.5. The molecule has 1 atom stereocenters. The van der Waals surface area contributed by atoms with Crippen molar-refractivity contribution in [1.82, 2.24) is 10.6 Å². The Balaban J connectivity index is 1.80. The normalized spacial score (nSPS) is 23.3. The Hall–Kier alpha value is -1.88. The first-order chi connectivity index (χ1) is 9.62. The first-order valence-electron chi connectivity index (χ1n) is 6.96. The van der Waals surface area contributed by atoms with Gasteiger partial charge < -0.3 is 15.7 Å². The van der Waals surface area contributed by atoms with Crippen molar-refractivity contribution in [1.29, 1.82) is 0 Å². The topological polar surface area (TPSA) is 78.4 Å². The SMILES string of the molecule is O=C(NC1(C(=O)O)CCC1)C1CNCc2ccccc21. The summed E-state index contributed by atoms with van der Waals surface area (Å²) in [6.45, 7) is 1.31. The molecule has 1 aliphatic carbocycles. The fourth-order valence-corrected chi connectivity index (χ4v) is 2.98. The maximum Gasteiger partial charge on any atom is 0.329 e. The summed E-state index contributed by atoms with van der Waals surface area (Å²) in [6.07, 6.45) is 1.90. The summed E-state index contributed by atoms with van der Waals surface area (Å²) in [6, 6.07) is 7.82. The predicted molar refractivity (Wildman–Crippen MR) is 73.3 cm³/mol. The number of benzene rings is 1. The van der Waals surface area contributed by atoms with Gasteiger partial charge in [0.2, 0.25) is 5.91 Å². The Morgan fingerprint density at radius 1 is 1.30 bits per heavy atom. The highest BCUT2D eigenvalue weighted by Gasteiger charge is 2.46. The van der Waals surface area contributed by atoms with E-state index in [9.17, 15) is 14.7 Å². The summed E-state index contributed by atoms with van der Waals surface area (Å²) < 4.78 is 0. The summed E-state index contributed by atoms with van der Waals surface area (Å²) in [5.74, 6) is -1.42. The fraction of sp³-hybridized carbons (Fsp3) is 0.467. The van der Waals surface area contributed by atoms with E-state index >= 15 is 0 Å². The highest BCUT2D eigenvalue weighted by molar-refractivity contribution is 5.91. The minimum atomic E-state index is -1.04. The molecule has 3 rings (SSSR count). The monoisotopic (exact) mass is 274 g/mol. The highest BCUT2D eigenvalue weighted by Crippen LogP contribution is 2.33. The molecule has 1 aliphatic heterocycles. The lowest BCUT2D eigenvalue weighted by Gasteiger charge is -2.39. The molecule has 0 saturated heterocycles. The van der Waals surface area contributed by atoms with Crippen molar-refractivity contribution in [3.05, 3.63) is 35.4 Å². The summed E-state index contributed by atoms with van der Waals surface area (Å²) >= 11 is 0. The maximum atomic E-state index is 12.5. The van der Waals surface area contributed by atoms with Crippen molar-refractivity contribution in [3.8, 4) is 0 Å². The Bertz CT molecular complexity index is 552. The average Bonchev–Trinajstić information content (AvgIpc) is 2.41. The van der Waals surface area contributed by atoms with Crippen molar-refractivity contribution in [2.45, 2.75) is 37.3 Å². The molecule has 1 unspecified atom stereocenters. The zero-order valence-corrected chi connectivity index (χ0v) is 11.2. The molecule has 0 bridgehead atoms. The molecule has 1 fully saturated rings. The number of carboxylic acids is 1. The quantitative estimate of drug-likeness (QED) is 0.768. The van der Waals surface area contributed by atoms with Crippen LogP contribution in [0.5, 0.6) is 0 Å². The number of aliphatic carboxylic acids is 1. The number of hydrogen-bond donors (Lipinski definition) is 3. The smallest absolute Gasteiger partial charge is 0.329 e. The van der Waals surface area contributed by atoms with Crippen LogP contribution >= 0.6 is 0 Å². The second kappa shape index (κ2) is 4.90. The van der Waals surface area contributed by atoms with Crippen LogP contribution in [0.25, 0.3) is 0 Å². The van der Waals surface area contributed by atoms with Crippen LogP contribution in [0.3, 0.4) is 0 Å². The van der Waals surface area contributed by atoms with Gasteiger partial charge in [0.1, 0.15) is 5.54 Å². The third kappa shape index (κ3) is 2.08. The van der Waals surface area contributed by atoms with Crippen LogP contribution in [0.2, 0.25) is 0 Å². The van der Waals surface area contributed by atoms with Crippen LogP contribution in [0.4, 0.5) is 0 Å². The largest absolute Gasteiger partial charge is 0.480 e. The molecule has 3 N–H and O–H groups in total. The first kappa shape index (κ1) is 13.1. The van der Waals surface area contributed by atoms with Crippen molar-refractivity contribution in [3.63, 3.8) is 0 Å². The number of carbonyl (C=O) groups excluding carboxylic acids is 1. The van der Waals surface area contributed by atoms with Gasteiger partial charge in [0.15, 0.2) is 0 Å². The van der Waals surface area contributed by atoms with Crippen LogP contribution in [-0.2, 0) is 16.1 Å². The average molecular weight is 274 g/mol. The standard InChI is InChI=1S/C15H18N2O3/c18-13(17-15(14(19)20)6-3-7-15)12-9-16-8-10-4-1-2-5-11(10)12/h1-2,4-5,12,16H,3,6-9H2,(H,17,18)(H,19,20). The zero-order valence-electron chi connectivity index (χ0n) is 11.2. The summed E-state index contributed by atoms with van der Waals surface area (Å²) in [5, 5.41) is 15.3. The van der Waals surface area contributed by atoms with E-state index in [2.05, 4.69) is 10.6 Å². The molecule has 5 nitrogen and oxygen atoms in total. The van der Waals surface area contributed by atoms with Crippen molar-refractivity contribution < 1.29 is 14.7 Å². The van der Waals surface area contributed by atoms with Crippen molar-refractivity contribution >= 4 is 11.9 Å². The van der Waals surface area contributed by atoms with Gasteiger partial charge in [-0.1, -0.05) is 24.3 Å². The molecule has 1 amide bonds. The zero-order chi connectivity index (χ0) is 14.2. The molecule has 1 aromatic carbocycles. The second-order valence-corrected chi connectivity index (χ2v) is 5.61. The molecule has 20 heavy (non-hydrogen) atoms. The van der Waals surface area contributed by atoms with E-state index in [4.69, 9.17) is 0 Å². The van der Waals surface area contributed by atoms with Crippen molar-refractivity contribution in [2.75, 3.05) is 6.54 Å². The molecule has 1 saturated carbocycles. The molecular formula is C15H18N2O3. The van der Waals surface area contributed by atoms with Gasteiger partial charge in [0.05, 0.1) is 5.92 Å². The van der Waals surface area contributed by atoms with E-state index in [0.717, 1.165) is 24.1 Å². The Morgan fingerprint density at radius 3 is 2.70 bits per heavy atom. The van der Waals surface area contributed by atoms with E-state index in [1.54, 1.807) is 0 Å². The molecule has 0 aromatic heterocycles. The number of hydrogen-bond acceptors (Lipinski definition) is 3. The van der Waals surface area contributed by atoms with Crippen LogP contribution in [0.1, 0.15) is 36.3 Å². The molecule has 2 aliphatic rings. The van der Waals surface area contributed by atoms with E-state index < -0.39 is 11.5 Å². The number of amides is 1. The van der Waals surface area contributed by atoms with Crippen LogP contribution in [-0.4, -0.2) is 29.1 Å². The van der Waals surface area contributed by atoms with E-state index in [1.807, 2.05) is 24.3 Å². The molecule has 1 heterocycles. The van der Waals surface area contributed by atoms with Gasteiger partial charge in [-0.3, -0.25) is 4.79 Å². The second-order valence-electron chi connectivity index (χ2n) is 5.61. The Labute approximate surface area is 117 Å². The van der Waals surface area contributed by atoms with Gasteiger partial charge in [0.25, 0.3) is 0 Å². The highest BCUT2D eigenvalue weighted by atomic mass is 16.4. The number of carboxylic acid groups (broad SMARTS) is 1. The number of nitrogens with one attached hydrogen (secondary N) is 2. The van der Waals surface area contributed by atoms with E-state index in [0.29, 0.717) is 19.4 Å². The van der Waals surface area contributed by atoms with Gasteiger partial charge in [-0.15, -0.1) is 0 Å². The van der Waals surface area contributed by atoms with E-state index in [1.165, 1.54) is 0 Å². The molecular weight excluding hydrogens is 256 g/mol. The lowest BCUT2D eigenvalue weighted by Crippen LogP contribution is -2.60. The first-order valence-corrected chi connectivity index (χ1v) is 6.96. The fourth-order valence-electron chi connectivity index (χ4n) is 2.98. The minimum absolute atomic E-state index is 0.188. The Morgan fingerprint density at radius 2 is 2.05 bits per heavy atom. The number of rotatable bonds is 3. The third-order valence-electron chi connectivity index (χ3n) is 4.39. The van der Waals surface area contributed by atoms with E-state index in [-0.39, 0.29) is 11.8 Å². The molecule has 106 valence electrons. The predicted octanol–water partition coefficient (Wildman–Crippen LogP) is 0.997. The van der Waals surface area contributed by atoms with Gasteiger partial charge in [-0.05, 0) is 30.4 Å². The Kier molecular flexibility index (Phi) is 3.22. The van der Waals surface area contributed by atoms with Crippen LogP contribution < -0.4 is 10.6 Å². The number of carbonyl (C=O) groups is 2. The summed E-state index contributed by atoms with van der Waals surface area (Å²) in [7, 11) is 0. The van der Waals surface area contributed by atoms with Crippen LogP contribution in [0, 0.1) is 0 Å². The molecule has 1 aromatic rings. The van der Waals surface area contributed by atoms with Crippen molar-refractivity contribution in [2.24, 2.45) is 0 Å². The molecule has 0 radical (unpaired) electrons. The van der Waals surface area contributed by atoms with Crippen LogP contribution in [0.15, 0.2) is 24.3 Å². The lowest BCUT2D eigenvalue weighted by molar-refractivity contribution is -0.152. The summed E-state index contributed by atoms with van der Waals surface area (Å²) in [4.78, 5) is 23.8. The molecule has 0 spiro atoms. The van der Waals surface area contributed by atoms with Gasteiger partial charge in [-0.25, -0.2) is 4.79 Å². The molecule has 5 heteroatoms.